The predicted molar refractivity (Wildman–Crippen MR) is 85.1 cm³/mol. The number of hydrogen-bond donors (Lipinski definition) is 2. The monoisotopic (exact) mass is 350 g/mol. The number of carboxylic acids is 1. The Labute approximate surface area is 139 Å². The van der Waals surface area contributed by atoms with Crippen LogP contribution in [0.2, 0.25) is 0 Å². The SMILES string of the molecule is Cn1ncc(CNS(=O)(=O)c2cc(C(=O)O)cc3c2CCCC3)n1. The van der Waals surface area contributed by atoms with Gasteiger partial charge in [0.2, 0.25) is 10.0 Å². The molecule has 0 amide bonds. The average Bonchev–Trinajstić information content (AvgIpc) is 2.97. The van der Waals surface area contributed by atoms with Crippen molar-refractivity contribution in [3.63, 3.8) is 0 Å². The van der Waals surface area contributed by atoms with Gasteiger partial charge in [-0.15, -0.1) is 0 Å². The first-order valence-corrected chi connectivity index (χ1v) is 9.09. The zero-order valence-corrected chi connectivity index (χ0v) is 14.0. The van der Waals surface area contributed by atoms with E-state index in [1.165, 1.54) is 17.1 Å². The van der Waals surface area contributed by atoms with Crippen LogP contribution in [-0.4, -0.2) is 34.5 Å². The van der Waals surface area contributed by atoms with Crippen molar-refractivity contribution in [2.75, 3.05) is 0 Å². The molecule has 0 saturated heterocycles. The first-order chi connectivity index (χ1) is 11.4. The van der Waals surface area contributed by atoms with E-state index < -0.39 is 16.0 Å². The molecule has 1 aromatic carbocycles. The van der Waals surface area contributed by atoms with Gasteiger partial charge in [-0.1, -0.05) is 0 Å². The minimum absolute atomic E-state index is 0.00223. The Hall–Kier alpha value is -2.26. The Kier molecular flexibility index (Phi) is 4.37. The maximum atomic E-state index is 12.7. The van der Waals surface area contributed by atoms with E-state index in [0.29, 0.717) is 18.5 Å². The average molecular weight is 350 g/mol. The van der Waals surface area contributed by atoms with Crippen LogP contribution in [-0.2, 0) is 36.5 Å². The number of benzene rings is 1. The van der Waals surface area contributed by atoms with E-state index in [1.807, 2.05) is 0 Å². The molecule has 0 atom stereocenters. The standard InChI is InChI=1S/C15H18N4O4S/c1-19-16-8-12(18-19)9-17-24(22,23)14-7-11(15(20)21)6-10-4-2-3-5-13(10)14/h6-8,17H,2-5,9H2,1H3,(H,20,21). The van der Waals surface area contributed by atoms with Crippen molar-refractivity contribution >= 4 is 16.0 Å². The number of carboxylic acid groups (broad SMARTS) is 1. The smallest absolute Gasteiger partial charge is 0.335 e. The normalized spacial score (nSPS) is 14.4. The van der Waals surface area contributed by atoms with Crippen LogP contribution in [0.4, 0.5) is 0 Å². The number of nitrogens with one attached hydrogen (secondary N) is 1. The Balaban J connectivity index is 1.96. The summed E-state index contributed by atoms with van der Waals surface area (Å²) < 4.78 is 27.9. The molecule has 2 aromatic rings. The number of carbonyl (C=O) groups is 1. The quantitative estimate of drug-likeness (QED) is 0.827. The van der Waals surface area contributed by atoms with Crippen LogP contribution < -0.4 is 4.72 Å². The van der Waals surface area contributed by atoms with Crippen molar-refractivity contribution in [3.05, 3.63) is 40.7 Å². The lowest BCUT2D eigenvalue weighted by atomic mass is 9.90. The van der Waals surface area contributed by atoms with Gasteiger partial charge in [0.15, 0.2) is 0 Å². The molecule has 128 valence electrons. The number of nitrogens with zero attached hydrogens (tertiary/aromatic N) is 3. The van der Waals surface area contributed by atoms with Crippen LogP contribution in [0.5, 0.6) is 0 Å². The van der Waals surface area contributed by atoms with Gasteiger partial charge >= 0.3 is 5.97 Å². The zero-order chi connectivity index (χ0) is 17.3. The molecule has 0 bridgehead atoms. The summed E-state index contributed by atoms with van der Waals surface area (Å²) in [5, 5.41) is 17.2. The Morgan fingerprint density at radius 3 is 2.75 bits per heavy atom. The van der Waals surface area contributed by atoms with Gasteiger partial charge in [-0.05, 0) is 48.9 Å². The Morgan fingerprint density at radius 2 is 2.08 bits per heavy atom. The third kappa shape index (κ3) is 3.31. The van der Waals surface area contributed by atoms with Crippen molar-refractivity contribution < 1.29 is 18.3 Å². The second kappa shape index (κ2) is 6.33. The molecule has 3 rings (SSSR count). The Bertz CT molecular complexity index is 889. The van der Waals surface area contributed by atoms with Gasteiger partial charge in [0.25, 0.3) is 0 Å². The van der Waals surface area contributed by atoms with Gasteiger partial charge in [-0.25, -0.2) is 17.9 Å². The second-order valence-electron chi connectivity index (χ2n) is 5.77. The van der Waals surface area contributed by atoms with E-state index in [0.717, 1.165) is 24.0 Å². The highest BCUT2D eigenvalue weighted by Crippen LogP contribution is 2.29. The highest BCUT2D eigenvalue weighted by Gasteiger charge is 2.25. The summed E-state index contributed by atoms with van der Waals surface area (Å²) in [7, 11) is -2.19. The van der Waals surface area contributed by atoms with Crippen LogP contribution in [0.3, 0.4) is 0 Å². The van der Waals surface area contributed by atoms with Gasteiger partial charge in [0.1, 0.15) is 0 Å². The topological polar surface area (TPSA) is 114 Å². The molecule has 1 aromatic heterocycles. The highest BCUT2D eigenvalue weighted by atomic mass is 32.2. The first-order valence-electron chi connectivity index (χ1n) is 7.61. The predicted octanol–water partition coefficient (Wildman–Crippen LogP) is 0.871. The molecule has 0 unspecified atom stereocenters. The van der Waals surface area contributed by atoms with Gasteiger partial charge in [0.05, 0.1) is 28.9 Å². The largest absolute Gasteiger partial charge is 0.478 e. The van der Waals surface area contributed by atoms with Crippen LogP contribution >= 0.6 is 0 Å². The fourth-order valence-corrected chi connectivity index (χ4v) is 4.24. The summed E-state index contributed by atoms with van der Waals surface area (Å²) in [6.45, 7) is 0.00223. The number of aromatic carboxylic acids is 1. The van der Waals surface area contributed by atoms with E-state index >= 15 is 0 Å². The van der Waals surface area contributed by atoms with Gasteiger partial charge in [0, 0.05) is 7.05 Å². The van der Waals surface area contributed by atoms with Crippen LogP contribution in [0.1, 0.15) is 40.0 Å². The van der Waals surface area contributed by atoms with E-state index in [4.69, 9.17) is 0 Å². The zero-order valence-electron chi connectivity index (χ0n) is 13.2. The number of fused-ring (bicyclic) bond motifs is 1. The van der Waals surface area contributed by atoms with Crippen molar-refractivity contribution in [3.8, 4) is 0 Å². The third-order valence-electron chi connectivity index (χ3n) is 4.05. The van der Waals surface area contributed by atoms with Crippen molar-refractivity contribution in [2.24, 2.45) is 7.05 Å². The number of aromatic nitrogens is 3. The third-order valence-corrected chi connectivity index (χ3v) is 5.52. The van der Waals surface area contributed by atoms with Crippen LogP contribution in [0, 0.1) is 0 Å². The number of rotatable bonds is 5. The van der Waals surface area contributed by atoms with Gasteiger partial charge in [-0.2, -0.15) is 15.0 Å². The lowest BCUT2D eigenvalue weighted by Gasteiger charge is -2.20. The maximum absolute atomic E-state index is 12.7. The Morgan fingerprint density at radius 1 is 1.33 bits per heavy atom. The first kappa shape index (κ1) is 16.6. The molecule has 0 radical (unpaired) electrons. The maximum Gasteiger partial charge on any atom is 0.335 e. The minimum Gasteiger partial charge on any atom is -0.478 e. The van der Waals surface area contributed by atoms with Crippen molar-refractivity contribution in [1.29, 1.82) is 0 Å². The van der Waals surface area contributed by atoms with Crippen LogP contribution in [0.25, 0.3) is 0 Å². The highest BCUT2D eigenvalue weighted by molar-refractivity contribution is 7.89. The molecule has 0 spiro atoms. The number of sulfonamides is 1. The summed E-state index contributed by atoms with van der Waals surface area (Å²) in [6, 6.07) is 2.82. The van der Waals surface area contributed by atoms with E-state index in [-0.39, 0.29) is 17.0 Å². The van der Waals surface area contributed by atoms with Crippen LogP contribution in [0.15, 0.2) is 23.2 Å². The van der Waals surface area contributed by atoms with E-state index in [2.05, 4.69) is 14.9 Å². The molecule has 0 fully saturated rings. The summed E-state index contributed by atoms with van der Waals surface area (Å²) in [6.07, 6.45) is 4.64. The molecule has 1 aliphatic carbocycles. The molecule has 1 heterocycles. The van der Waals surface area contributed by atoms with Crippen molar-refractivity contribution in [1.82, 2.24) is 19.7 Å². The van der Waals surface area contributed by atoms with E-state index in [1.54, 1.807) is 13.1 Å². The minimum atomic E-state index is -3.84. The summed E-state index contributed by atoms with van der Waals surface area (Å²) in [4.78, 5) is 12.7. The fraction of sp³-hybridized carbons (Fsp3) is 0.400. The molecule has 0 aliphatic heterocycles. The van der Waals surface area contributed by atoms with Gasteiger partial charge in [-0.3, -0.25) is 0 Å². The number of aryl methyl sites for hydroxylation is 2. The lowest BCUT2D eigenvalue weighted by molar-refractivity contribution is 0.0696. The fourth-order valence-electron chi connectivity index (χ4n) is 2.91. The molecule has 8 nitrogen and oxygen atoms in total. The lowest BCUT2D eigenvalue weighted by Crippen LogP contribution is -2.26. The summed E-state index contributed by atoms with van der Waals surface area (Å²) in [5.74, 6) is -1.13. The molecular weight excluding hydrogens is 332 g/mol. The second-order valence-corrected chi connectivity index (χ2v) is 7.51. The van der Waals surface area contributed by atoms with E-state index in [9.17, 15) is 18.3 Å². The molecule has 2 N–H and O–H groups in total. The number of hydrogen-bond acceptors (Lipinski definition) is 5. The summed E-state index contributed by atoms with van der Waals surface area (Å²) in [5.41, 5.74) is 2.01. The molecule has 0 saturated carbocycles. The molecule has 24 heavy (non-hydrogen) atoms. The van der Waals surface area contributed by atoms with Gasteiger partial charge < -0.3 is 5.11 Å². The molecule has 1 aliphatic rings. The molecule has 9 heteroatoms. The molecular formula is C15H18N4O4S. The van der Waals surface area contributed by atoms with Crippen molar-refractivity contribution in [2.45, 2.75) is 37.1 Å². The summed E-state index contributed by atoms with van der Waals surface area (Å²) >= 11 is 0.